The lowest BCUT2D eigenvalue weighted by molar-refractivity contribution is 0.1000. The summed E-state index contributed by atoms with van der Waals surface area (Å²) in [6.45, 7) is 1.66. The predicted octanol–water partition coefficient (Wildman–Crippen LogP) is 2.37. The minimum absolute atomic E-state index is 0.196. The Bertz CT molecular complexity index is 590. The molecule has 0 atom stereocenters. The molecule has 0 aliphatic carbocycles. The molecule has 3 N–H and O–H groups in total. The van der Waals surface area contributed by atoms with Gasteiger partial charge in [-0.05, 0) is 25.1 Å². The van der Waals surface area contributed by atoms with Crippen LogP contribution in [-0.2, 0) is 0 Å². The standard InChI is InChI=1S/C12H10F2N2O/c1-6-9(12(15)17)5-11(16-6)8-3-2-7(13)4-10(8)14/h2-5,16H,1H3,(H2,15,17). The summed E-state index contributed by atoms with van der Waals surface area (Å²) in [5.41, 5.74) is 6.60. The second-order valence-electron chi connectivity index (χ2n) is 3.71. The van der Waals surface area contributed by atoms with Crippen molar-refractivity contribution in [1.82, 2.24) is 4.98 Å². The number of benzene rings is 1. The number of H-pyrrole nitrogens is 1. The molecule has 88 valence electrons. The van der Waals surface area contributed by atoms with E-state index in [0.29, 0.717) is 17.0 Å². The zero-order valence-corrected chi connectivity index (χ0v) is 9.05. The third-order valence-corrected chi connectivity index (χ3v) is 2.50. The molecule has 0 aliphatic rings. The number of aromatic amines is 1. The summed E-state index contributed by atoms with van der Waals surface area (Å²) in [6, 6.07) is 4.70. The molecule has 0 saturated carbocycles. The number of carbonyl (C=O) groups is 1. The van der Waals surface area contributed by atoms with Crippen LogP contribution >= 0.6 is 0 Å². The van der Waals surface area contributed by atoms with E-state index < -0.39 is 17.5 Å². The molecular weight excluding hydrogens is 226 g/mol. The molecule has 2 rings (SSSR count). The topological polar surface area (TPSA) is 58.9 Å². The molecule has 1 amide bonds. The van der Waals surface area contributed by atoms with E-state index in [4.69, 9.17) is 5.73 Å². The van der Waals surface area contributed by atoms with Gasteiger partial charge in [-0.3, -0.25) is 4.79 Å². The van der Waals surface area contributed by atoms with Crippen LogP contribution in [0.3, 0.4) is 0 Å². The molecule has 1 aromatic carbocycles. The van der Waals surface area contributed by atoms with Gasteiger partial charge in [0.15, 0.2) is 0 Å². The summed E-state index contributed by atoms with van der Waals surface area (Å²) in [5, 5.41) is 0. The van der Waals surface area contributed by atoms with E-state index in [0.717, 1.165) is 12.1 Å². The normalized spacial score (nSPS) is 10.5. The lowest BCUT2D eigenvalue weighted by atomic mass is 10.1. The predicted molar refractivity (Wildman–Crippen MR) is 59.4 cm³/mol. The highest BCUT2D eigenvalue weighted by Crippen LogP contribution is 2.24. The molecule has 1 aromatic heterocycles. The van der Waals surface area contributed by atoms with E-state index in [1.165, 1.54) is 12.1 Å². The molecular formula is C12H10F2N2O. The molecule has 0 radical (unpaired) electrons. The van der Waals surface area contributed by atoms with Crippen molar-refractivity contribution in [2.24, 2.45) is 5.73 Å². The maximum absolute atomic E-state index is 13.5. The molecule has 17 heavy (non-hydrogen) atoms. The Labute approximate surface area is 96.3 Å². The number of primary amides is 1. The number of nitrogens with one attached hydrogen (secondary N) is 1. The van der Waals surface area contributed by atoms with Crippen molar-refractivity contribution in [3.8, 4) is 11.3 Å². The van der Waals surface area contributed by atoms with Crippen molar-refractivity contribution >= 4 is 5.91 Å². The van der Waals surface area contributed by atoms with Gasteiger partial charge in [-0.1, -0.05) is 0 Å². The summed E-state index contributed by atoms with van der Waals surface area (Å²) < 4.78 is 26.3. The van der Waals surface area contributed by atoms with Gasteiger partial charge in [0.25, 0.3) is 5.91 Å². The van der Waals surface area contributed by atoms with Crippen LogP contribution in [0, 0.1) is 18.6 Å². The maximum atomic E-state index is 13.5. The van der Waals surface area contributed by atoms with Crippen LogP contribution in [-0.4, -0.2) is 10.9 Å². The number of hydrogen-bond donors (Lipinski definition) is 2. The fraction of sp³-hybridized carbons (Fsp3) is 0.0833. The Kier molecular flexibility index (Phi) is 2.67. The highest BCUT2D eigenvalue weighted by molar-refractivity contribution is 5.95. The van der Waals surface area contributed by atoms with Crippen molar-refractivity contribution in [2.75, 3.05) is 0 Å². The highest BCUT2D eigenvalue weighted by Gasteiger charge is 2.13. The average Bonchev–Trinajstić information content (AvgIpc) is 2.60. The molecule has 0 aliphatic heterocycles. The zero-order valence-electron chi connectivity index (χ0n) is 9.05. The molecule has 0 spiro atoms. The summed E-state index contributed by atoms with van der Waals surface area (Å²) in [7, 11) is 0. The molecule has 0 saturated heterocycles. The Morgan fingerprint density at radius 3 is 2.53 bits per heavy atom. The fourth-order valence-electron chi connectivity index (χ4n) is 1.67. The van der Waals surface area contributed by atoms with E-state index in [1.54, 1.807) is 6.92 Å². The van der Waals surface area contributed by atoms with Gasteiger partial charge in [0.2, 0.25) is 0 Å². The van der Waals surface area contributed by atoms with Gasteiger partial charge in [0.05, 0.1) is 5.56 Å². The Morgan fingerprint density at radius 2 is 2.00 bits per heavy atom. The lowest BCUT2D eigenvalue weighted by Gasteiger charge is -1.99. The minimum atomic E-state index is -0.692. The molecule has 0 bridgehead atoms. The number of halogens is 2. The number of carbonyl (C=O) groups excluding carboxylic acids is 1. The first kappa shape index (κ1) is 11.3. The number of amides is 1. The van der Waals surface area contributed by atoms with Gasteiger partial charge in [0.1, 0.15) is 11.6 Å². The first-order valence-electron chi connectivity index (χ1n) is 4.94. The highest BCUT2D eigenvalue weighted by atomic mass is 19.1. The summed E-state index contributed by atoms with van der Waals surface area (Å²) in [4.78, 5) is 13.9. The number of nitrogens with two attached hydrogens (primary N) is 1. The number of rotatable bonds is 2. The van der Waals surface area contributed by atoms with E-state index in [9.17, 15) is 13.6 Å². The van der Waals surface area contributed by atoms with Gasteiger partial charge in [-0.2, -0.15) is 0 Å². The van der Waals surface area contributed by atoms with Gasteiger partial charge >= 0.3 is 0 Å². The molecule has 2 aromatic rings. The lowest BCUT2D eigenvalue weighted by Crippen LogP contribution is -2.10. The third kappa shape index (κ3) is 2.04. The zero-order chi connectivity index (χ0) is 12.6. The van der Waals surface area contributed by atoms with Gasteiger partial charge in [-0.25, -0.2) is 8.78 Å². The van der Waals surface area contributed by atoms with Crippen LogP contribution in [0.5, 0.6) is 0 Å². The Hall–Kier alpha value is -2.17. The minimum Gasteiger partial charge on any atom is -0.366 e. The summed E-state index contributed by atoms with van der Waals surface area (Å²) >= 11 is 0. The van der Waals surface area contributed by atoms with Crippen molar-refractivity contribution in [1.29, 1.82) is 0 Å². The van der Waals surface area contributed by atoms with Crippen molar-refractivity contribution in [3.05, 3.63) is 47.2 Å². The first-order valence-corrected chi connectivity index (χ1v) is 4.94. The van der Waals surface area contributed by atoms with Crippen molar-refractivity contribution < 1.29 is 13.6 Å². The van der Waals surface area contributed by atoms with Crippen LogP contribution in [0.25, 0.3) is 11.3 Å². The first-order chi connectivity index (χ1) is 7.99. The Morgan fingerprint density at radius 1 is 1.29 bits per heavy atom. The third-order valence-electron chi connectivity index (χ3n) is 2.50. The van der Waals surface area contributed by atoms with E-state index in [-0.39, 0.29) is 5.56 Å². The SMILES string of the molecule is Cc1[nH]c(-c2ccc(F)cc2F)cc1C(N)=O. The average molecular weight is 236 g/mol. The summed E-state index contributed by atoms with van der Waals surface area (Å²) in [5.74, 6) is -1.93. The Balaban J connectivity index is 2.53. The van der Waals surface area contributed by atoms with Crippen LogP contribution in [0.2, 0.25) is 0 Å². The van der Waals surface area contributed by atoms with Crippen LogP contribution in [0.1, 0.15) is 16.1 Å². The van der Waals surface area contributed by atoms with Gasteiger partial charge in [-0.15, -0.1) is 0 Å². The molecule has 5 heteroatoms. The van der Waals surface area contributed by atoms with Gasteiger partial charge in [0, 0.05) is 23.0 Å². The second-order valence-corrected chi connectivity index (χ2v) is 3.71. The van der Waals surface area contributed by atoms with Crippen molar-refractivity contribution in [2.45, 2.75) is 6.92 Å². The maximum Gasteiger partial charge on any atom is 0.250 e. The number of aryl methyl sites for hydroxylation is 1. The monoisotopic (exact) mass is 236 g/mol. The molecule has 0 unspecified atom stereocenters. The van der Waals surface area contributed by atoms with Crippen molar-refractivity contribution in [3.63, 3.8) is 0 Å². The van der Waals surface area contributed by atoms with E-state index in [1.807, 2.05) is 0 Å². The molecule has 0 fully saturated rings. The van der Waals surface area contributed by atoms with Crippen LogP contribution < -0.4 is 5.73 Å². The quantitative estimate of drug-likeness (QED) is 0.826. The second kappa shape index (κ2) is 4.01. The molecule has 1 heterocycles. The van der Waals surface area contributed by atoms with Crippen LogP contribution in [0.4, 0.5) is 8.78 Å². The van der Waals surface area contributed by atoms with Gasteiger partial charge < -0.3 is 10.7 Å². The largest absolute Gasteiger partial charge is 0.366 e. The van der Waals surface area contributed by atoms with E-state index >= 15 is 0 Å². The molecule has 3 nitrogen and oxygen atoms in total. The number of aromatic nitrogens is 1. The van der Waals surface area contributed by atoms with E-state index in [2.05, 4.69) is 4.98 Å². The van der Waals surface area contributed by atoms with Crippen LogP contribution in [0.15, 0.2) is 24.3 Å². The number of hydrogen-bond acceptors (Lipinski definition) is 1. The smallest absolute Gasteiger partial charge is 0.250 e. The fourth-order valence-corrected chi connectivity index (χ4v) is 1.67. The summed E-state index contributed by atoms with van der Waals surface area (Å²) in [6.07, 6.45) is 0.